The van der Waals surface area contributed by atoms with Crippen molar-refractivity contribution in [1.29, 1.82) is 0 Å². The molecule has 0 aliphatic carbocycles. The van der Waals surface area contributed by atoms with Gasteiger partial charge >= 0.3 is 6.09 Å². The summed E-state index contributed by atoms with van der Waals surface area (Å²) >= 11 is 0. The highest BCUT2D eigenvalue weighted by molar-refractivity contribution is 6.47. The molecular formula is C32H33N5O4. The Bertz CT molecular complexity index is 1570. The van der Waals surface area contributed by atoms with Gasteiger partial charge in [-0.15, -0.1) is 0 Å². The molecule has 0 bridgehead atoms. The first-order chi connectivity index (χ1) is 19.7. The summed E-state index contributed by atoms with van der Waals surface area (Å²) in [7, 11) is 1.24. The summed E-state index contributed by atoms with van der Waals surface area (Å²) in [5.41, 5.74) is 5.39. The van der Waals surface area contributed by atoms with Gasteiger partial charge in [0.2, 0.25) is 0 Å². The number of ketones is 1. The van der Waals surface area contributed by atoms with Gasteiger partial charge < -0.3 is 19.9 Å². The molecule has 2 aromatic carbocycles. The number of aromatic nitrogens is 2. The maximum atomic E-state index is 13.4. The molecule has 5 rings (SSSR count). The zero-order valence-electron chi connectivity index (χ0n) is 23.7. The fraction of sp³-hybridized carbons (Fsp3) is 0.250. The third-order valence-electron chi connectivity index (χ3n) is 7.23. The number of nitrogens with zero attached hydrogens (tertiary/aromatic N) is 4. The number of piperazine rings is 1. The Hall–Kier alpha value is -4.92. The highest BCUT2D eigenvalue weighted by Gasteiger charge is 2.29. The number of rotatable bonds is 6. The predicted molar refractivity (Wildman–Crippen MR) is 160 cm³/mol. The molecule has 3 heterocycles. The van der Waals surface area contributed by atoms with Crippen LogP contribution in [-0.4, -0.2) is 60.6 Å². The van der Waals surface area contributed by atoms with Gasteiger partial charge in [-0.05, 0) is 74.4 Å². The van der Waals surface area contributed by atoms with Gasteiger partial charge in [-0.1, -0.05) is 30.3 Å². The van der Waals surface area contributed by atoms with Gasteiger partial charge in [0.15, 0.2) is 0 Å². The maximum absolute atomic E-state index is 13.4. The van der Waals surface area contributed by atoms with Crippen LogP contribution < -0.4 is 15.1 Å². The van der Waals surface area contributed by atoms with Crippen LogP contribution in [-0.2, 0) is 9.53 Å². The number of carbonyl (C=O) groups is 3. The lowest BCUT2D eigenvalue weighted by Crippen LogP contribution is -2.46. The van der Waals surface area contributed by atoms with E-state index in [1.807, 2.05) is 49.4 Å². The number of amides is 1. The zero-order chi connectivity index (χ0) is 29.1. The van der Waals surface area contributed by atoms with Gasteiger partial charge in [0.05, 0.1) is 7.11 Å². The molecule has 1 amide bonds. The standard InChI is InChI=1S/C32H33N5O4/c1-21-18-22(2)33-28(19-21)36-16-14-35(15-17-36)26-12-10-25(11-13-26)34-31(39)30(38)29-27(24-8-6-5-7-9-24)20-23(3)37(29)32(40)41-4/h5-13,18-20H,14-17H2,1-4H3,(H,34,39). The third kappa shape index (κ3) is 5.84. The van der Waals surface area contributed by atoms with Crippen LogP contribution in [0.3, 0.4) is 0 Å². The van der Waals surface area contributed by atoms with Crippen molar-refractivity contribution in [2.24, 2.45) is 0 Å². The van der Waals surface area contributed by atoms with Crippen LogP contribution in [0.4, 0.5) is 22.0 Å². The first-order valence-electron chi connectivity index (χ1n) is 13.5. The van der Waals surface area contributed by atoms with Crippen molar-refractivity contribution in [2.45, 2.75) is 20.8 Å². The van der Waals surface area contributed by atoms with Gasteiger partial charge in [0.25, 0.3) is 11.7 Å². The Morgan fingerprint density at radius 3 is 2.12 bits per heavy atom. The summed E-state index contributed by atoms with van der Waals surface area (Å²) in [4.78, 5) is 48.4. The topological polar surface area (TPSA) is 96.8 Å². The third-order valence-corrected chi connectivity index (χ3v) is 7.23. The number of nitrogens with one attached hydrogen (secondary N) is 1. The molecule has 9 heteroatoms. The molecule has 0 spiro atoms. The molecule has 0 atom stereocenters. The summed E-state index contributed by atoms with van der Waals surface area (Å²) < 4.78 is 6.04. The smallest absolute Gasteiger partial charge is 0.418 e. The van der Waals surface area contributed by atoms with Gasteiger partial charge in [-0.25, -0.2) is 14.3 Å². The molecule has 0 radical (unpaired) electrons. The van der Waals surface area contributed by atoms with E-state index in [1.54, 1.807) is 25.1 Å². The normalized spacial score (nSPS) is 13.2. The van der Waals surface area contributed by atoms with Gasteiger partial charge in [0, 0.05) is 54.5 Å². The van der Waals surface area contributed by atoms with E-state index in [1.165, 1.54) is 12.7 Å². The molecule has 1 N–H and O–H groups in total. The molecule has 4 aromatic rings. The van der Waals surface area contributed by atoms with Crippen molar-refractivity contribution in [3.05, 3.63) is 95.4 Å². The van der Waals surface area contributed by atoms with E-state index in [9.17, 15) is 14.4 Å². The molecule has 1 aliphatic rings. The van der Waals surface area contributed by atoms with E-state index in [2.05, 4.69) is 39.2 Å². The second kappa shape index (κ2) is 11.7. The summed E-state index contributed by atoms with van der Waals surface area (Å²) in [5.74, 6) is -0.663. The molecule has 9 nitrogen and oxygen atoms in total. The van der Waals surface area contributed by atoms with E-state index in [4.69, 9.17) is 4.74 Å². The Kier molecular flexibility index (Phi) is 7.87. The molecule has 0 unspecified atom stereocenters. The molecule has 1 saturated heterocycles. The monoisotopic (exact) mass is 551 g/mol. The second-order valence-corrected chi connectivity index (χ2v) is 10.2. The van der Waals surface area contributed by atoms with E-state index in [0.29, 0.717) is 22.5 Å². The number of ether oxygens (including phenoxy) is 1. The number of hydrogen-bond acceptors (Lipinski definition) is 7. The number of anilines is 3. The summed E-state index contributed by atoms with van der Waals surface area (Å²) in [6, 6.07) is 22.5. The van der Waals surface area contributed by atoms with E-state index >= 15 is 0 Å². The Morgan fingerprint density at radius 1 is 0.829 bits per heavy atom. The minimum Gasteiger partial charge on any atom is -0.452 e. The van der Waals surface area contributed by atoms with Gasteiger partial charge in [0.1, 0.15) is 11.5 Å². The number of Topliss-reactive ketones (excluding diaryl/α,β-unsaturated/α-hetero) is 1. The fourth-order valence-corrected chi connectivity index (χ4v) is 5.25. The summed E-state index contributed by atoms with van der Waals surface area (Å²) in [5, 5.41) is 2.69. The molecule has 1 aliphatic heterocycles. The van der Waals surface area contributed by atoms with Crippen LogP contribution >= 0.6 is 0 Å². The van der Waals surface area contributed by atoms with Crippen LogP contribution in [0.1, 0.15) is 27.4 Å². The molecule has 210 valence electrons. The minimum atomic E-state index is -0.840. The Labute approximate surface area is 239 Å². The number of aryl methyl sites for hydroxylation is 3. The lowest BCUT2D eigenvalue weighted by molar-refractivity contribution is -0.112. The first-order valence-corrected chi connectivity index (χ1v) is 13.5. The molecular weight excluding hydrogens is 518 g/mol. The van der Waals surface area contributed by atoms with Gasteiger partial charge in [-0.2, -0.15) is 0 Å². The van der Waals surface area contributed by atoms with Crippen molar-refractivity contribution in [1.82, 2.24) is 9.55 Å². The molecule has 41 heavy (non-hydrogen) atoms. The SMILES string of the molecule is COC(=O)n1c(C)cc(-c2ccccc2)c1C(=O)C(=O)Nc1ccc(N2CCN(c3cc(C)cc(C)n3)CC2)cc1. The van der Waals surface area contributed by atoms with Crippen LogP contribution in [0.2, 0.25) is 0 Å². The second-order valence-electron chi connectivity index (χ2n) is 10.2. The fourth-order valence-electron chi connectivity index (χ4n) is 5.25. The van der Waals surface area contributed by atoms with Crippen molar-refractivity contribution < 1.29 is 19.1 Å². The Balaban J connectivity index is 1.28. The number of pyridine rings is 1. The van der Waals surface area contributed by atoms with Crippen molar-refractivity contribution in [2.75, 3.05) is 48.4 Å². The first kappa shape index (κ1) is 27.6. The van der Waals surface area contributed by atoms with Crippen LogP contribution in [0.15, 0.2) is 72.8 Å². The lowest BCUT2D eigenvalue weighted by Gasteiger charge is -2.37. The van der Waals surface area contributed by atoms with Crippen molar-refractivity contribution in [3.63, 3.8) is 0 Å². The molecule has 2 aromatic heterocycles. The summed E-state index contributed by atoms with van der Waals surface area (Å²) in [6.45, 7) is 9.17. The zero-order valence-corrected chi connectivity index (χ0v) is 23.7. The van der Waals surface area contributed by atoms with Gasteiger partial charge in [-0.3, -0.25) is 9.59 Å². The number of hydrogen-bond donors (Lipinski definition) is 1. The van der Waals surface area contributed by atoms with E-state index < -0.39 is 17.8 Å². The van der Waals surface area contributed by atoms with E-state index in [0.717, 1.165) is 47.9 Å². The van der Waals surface area contributed by atoms with Crippen LogP contribution in [0, 0.1) is 20.8 Å². The highest BCUT2D eigenvalue weighted by Crippen LogP contribution is 2.29. The number of carbonyl (C=O) groups excluding carboxylic acids is 3. The minimum absolute atomic E-state index is 0.0363. The highest BCUT2D eigenvalue weighted by atomic mass is 16.5. The van der Waals surface area contributed by atoms with E-state index in [-0.39, 0.29) is 5.69 Å². The molecule has 1 fully saturated rings. The largest absolute Gasteiger partial charge is 0.452 e. The Morgan fingerprint density at radius 2 is 1.49 bits per heavy atom. The molecule has 0 saturated carbocycles. The summed E-state index contributed by atoms with van der Waals surface area (Å²) in [6.07, 6.45) is -0.737. The van der Waals surface area contributed by atoms with Crippen molar-refractivity contribution >= 4 is 35.0 Å². The van der Waals surface area contributed by atoms with Crippen LogP contribution in [0.25, 0.3) is 11.1 Å². The maximum Gasteiger partial charge on any atom is 0.418 e. The number of methoxy groups -OCH3 is 1. The van der Waals surface area contributed by atoms with Crippen LogP contribution in [0.5, 0.6) is 0 Å². The quantitative estimate of drug-likeness (QED) is 0.259. The predicted octanol–water partition coefficient (Wildman–Crippen LogP) is 5.24. The number of benzene rings is 2. The average molecular weight is 552 g/mol. The average Bonchev–Trinajstić information content (AvgIpc) is 3.33. The lowest BCUT2D eigenvalue weighted by atomic mass is 10.0. The van der Waals surface area contributed by atoms with Crippen molar-refractivity contribution in [3.8, 4) is 11.1 Å².